The normalized spacial score (nSPS) is 13.6. The molecule has 0 unspecified atom stereocenters. The molecule has 128 valence electrons. The summed E-state index contributed by atoms with van der Waals surface area (Å²) >= 11 is 6.84. The minimum Gasteiger partial charge on any atom is -0.420 e. The van der Waals surface area contributed by atoms with Crippen LogP contribution in [0.4, 0.5) is 10.5 Å². The molecule has 0 saturated carbocycles. The van der Waals surface area contributed by atoms with E-state index in [1.54, 1.807) is 0 Å². The van der Waals surface area contributed by atoms with E-state index in [1.165, 1.54) is 17.6 Å². The minimum absolute atomic E-state index is 0.263. The Bertz CT molecular complexity index is 639. The summed E-state index contributed by atoms with van der Waals surface area (Å²) < 4.78 is 5.87. The summed E-state index contributed by atoms with van der Waals surface area (Å²) in [6.07, 6.45) is 10.2. The molecule has 0 saturated heterocycles. The highest BCUT2D eigenvalue weighted by Crippen LogP contribution is 2.29. The standard InChI is InChI=1S/C18H21ClN2O2S/c1-2-14-6-4-3-5-7-17(14)23-24-16-10-8-15(9-11-16)21-18(22)20-13-12-19/h3,5-11H,2,4,12-13H2,1H3,(H2,20,21,22). The van der Waals surface area contributed by atoms with Crippen LogP contribution in [0, 0.1) is 0 Å². The van der Waals surface area contributed by atoms with Gasteiger partial charge in [-0.05, 0) is 48.8 Å². The summed E-state index contributed by atoms with van der Waals surface area (Å²) in [6, 6.07) is 7.22. The second kappa shape index (κ2) is 10.1. The van der Waals surface area contributed by atoms with Crippen LogP contribution in [0.5, 0.6) is 0 Å². The number of anilines is 1. The smallest absolute Gasteiger partial charge is 0.319 e. The average molecular weight is 365 g/mol. The van der Waals surface area contributed by atoms with Gasteiger partial charge in [0.2, 0.25) is 0 Å². The quantitative estimate of drug-likeness (QED) is 0.513. The molecule has 0 radical (unpaired) electrons. The van der Waals surface area contributed by atoms with Crippen LogP contribution in [0.2, 0.25) is 0 Å². The summed E-state index contributed by atoms with van der Waals surface area (Å²) in [6.45, 7) is 2.56. The topological polar surface area (TPSA) is 50.4 Å². The molecule has 0 atom stereocenters. The van der Waals surface area contributed by atoms with E-state index in [1.807, 2.05) is 36.4 Å². The number of carbonyl (C=O) groups excluding carboxylic acids is 1. The Morgan fingerprint density at radius 2 is 2.12 bits per heavy atom. The molecule has 0 spiro atoms. The summed E-state index contributed by atoms with van der Waals surface area (Å²) in [7, 11) is 0. The molecule has 1 aliphatic rings. The van der Waals surface area contributed by atoms with Crippen molar-refractivity contribution in [3.05, 3.63) is 59.9 Å². The van der Waals surface area contributed by atoms with Gasteiger partial charge in [-0.3, -0.25) is 0 Å². The molecule has 1 aromatic carbocycles. The van der Waals surface area contributed by atoms with Gasteiger partial charge in [-0.25, -0.2) is 4.79 Å². The Morgan fingerprint density at radius 3 is 2.83 bits per heavy atom. The largest absolute Gasteiger partial charge is 0.420 e. The van der Waals surface area contributed by atoms with E-state index in [-0.39, 0.29) is 6.03 Å². The number of carbonyl (C=O) groups is 1. The van der Waals surface area contributed by atoms with Gasteiger partial charge in [0, 0.05) is 23.0 Å². The van der Waals surface area contributed by atoms with Crippen LogP contribution in [0.25, 0.3) is 0 Å². The Labute approximate surface area is 152 Å². The first-order valence-electron chi connectivity index (χ1n) is 7.84. The maximum Gasteiger partial charge on any atom is 0.319 e. The first kappa shape index (κ1) is 18.5. The van der Waals surface area contributed by atoms with Crippen LogP contribution < -0.4 is 10.6 Å². The predicted octanol–water partition coefficient (Wildman–Crippen LogP) is 5.25. The van der Waals surface area contributed by atoms with Crippen molar-refractivity contribution in [2.45, 2.75) is 24.7 Å². The van der Waals surface area contributed by atoms with Gasteiger partial charge in [-0.2, -0.15) is 0 Å². The maximum absolute atomic E-state index is 11.6. The van der Waals surface area contributed by atoms with Gasteiger partial charge in [0.05, 0.1) is 12.0 Å². The van der Waals surface area contributed by atoms with Crippen LogP contribution in [-0.4, -0.2) is 18.5 Å². The van der Waals surface area contributed by atoms with Crippen molar-refractivity contribution in [2.24, 2.45) is 0 Å². The number of halogens is 1. The van der Waals surface area contributed by atoms with Crippen LogP contribution in [0.1, 0.15) is 19.8 Å². The van der Waals surface area contributed by atoms with Crippen molar-refractivity contribution in [1.82, 2.24) is 5.32 Å². The molecule has 0 fully saturated rings. The van der Waals surface area contributed by atoms with E-state index in [9.17, 15) is 4.79 Å². The fourth-order valence-electron chi connectivity index (χ4n) is 2.07. The number of rotatable bonds is 7. The molecule has 0 aromatic heterocycles. The summed E-state index contributed by atoms with van der Waals surface area (Å²) in [4.78, 5) is 12.5. The Morgan fingerprint density at radius 1 is 1.33 bits per heavy atom. The molecular formula is C18H21ClN2O2S. The highest BCUT2D eigenvalue weighted by atomic mass is 35.5. The lowest BCUT2D eigenvalue weighted by molar-refractivity contribution is 0.252. The molecule has 4 nitrogen and oxygen atoms in total. The Hall–Kier alpha value is -1.85. The number of alkyl halides is 1. The Kier molecular flexibility index (Phi) is 7.79. The predicted molar refractivity (Wildman–Crippen MR) is 101 cm³/mol. The van der Waals surface area contributed by atoms with Crippen LogP contribution in [-0.2, 0) is 4.18 Å². The van der Waals surface area contributed by atoms with E-state index in [0.29, 0.717) is 12.4 Å². The molecular weight excluding hydrogens is 344 g/mol. The van der Waals surface area contributed by atoms with Crippen LogP contribution >= 0.6 is 23.6 Å². The van der Waals surface area contributed by atoms with Crippen molar-refractivity contribution < 1.29 is 8.98 Å². The van der Waals surface area contributed by atoms with E-state index >= 15 is 0 Å². The second-order valence-electron chi connectivity index (χ2n) is 5.04. The third-order valence-corrected chi connectivity index (χ3v) is 4.22. The van der Waals surface area contributed by atoms with Crippen molar-refractivity contribution in [2.75, 3.05) is 17.7 Å². The molecule has 24 heavy (non-hydrogen) atoms. The SMILES string of the molecule is CCC1=CCC=CC=C1OSc1ccc(NC(=O)NCCCl)cc1. The van der Waals surface area contributed by atoms with Gasteiger partial charge >= 0.3 is 6.03 Å². The zero-order valence-electron chi connectivity index (χ0n) is 13.5. The third kappa shape index (κ3) is 5.98. The van der Waals surface area contributed by atoms with E-state index in [0.717, 1.165) is 29.2 Å². The van der Waals surface area contributed by atoms with Crippen LogP contribution in [0.15, 0.2) is 64.8 Å². The Balaban J connectivity index is 1.88. The molecule has 0 heterocycles. The average Bonchev–Trinajstić information content (AvgIpc) is 2.84. The van der Waals surface area contributed by atoms with Crippen molar-refractivity contribution in [3.63, 3.8) is 0 Å². The third-order valence-electron chi connectivity index (χ3n) is 3.30. The summed E-state index contributed by atoms with van der Waals surface area (Å²) in [5.41, 5.74) is 1.93. The molecule has 0 aliphatic heterocycles. The fourth-order valence-corrected chi connectivity index (χ4v) is 2.76. The van der Waals surface area contributed by atoms with Gasteiger partial charge in [0.1, 0.15) is 5.76 Å². The van der Waals surface area contributed by atoms with Gasteiger partial charge in [0.15, 0.2) is 0 Å². The number of hydrogen-bond acceptors (Lipinski definition) is 3. The maximum atomic E-state index is 11.6. The first-order valence-corrected chi connectivity index (χ1v) is 9.12. The zero-order valence-corrected chi connectivity index (χ0v) is 15.1. The van der Waals surface area contributed by atoms with Crippen molar-refractivity contribution in [1.29, 1.82) is 0 Å². The second-order valence-corrected chi connectivity index (χ2v) is 6.22. The van der Waals surface area contributed by atoms with Gasteiger partial charge in [-0.15, -0.1) is 11.6 Å². The van der Waals surface area contributed by atoms with Gasteiger partial charge in [-0.1, -0.05) is 25.2 Å². The number of urea groups is 1. The van der Waals surface area contributed by atoms with Crippen molar-refractivity contribution >= 4 is 35.4 Å². The highest BCUT2D eigenvalue weighted by Gasteiger charge is 2.08. The van der Waals surface area contributed by atoms with Gasteiger partial charge in [0.25, 0.3) is 0 Å². The molecule has 1 aromatic rings. The molecule has 2 rings (SSSR count). The number of allylic oxidation sites excluding steroid dienone is 5. The monoisotopic (exact) mass is 364 g/mol. The van der Waals surface area contributed by atoms with E-state index in [2.05, 4.69) is 29.7 Å². The number of amides is 2. The van der Waals surface area contributed by atoms with Crippen LogP contribution in [0.3, 0.4) is 0 Å². The fraction of sp³-hybridized carbons (Fsp3) is 0.278. The van der Waals surface area contributed by atoms with E-state index < -0.39 is 0 Å². The van der Waals surface area contributed by atoms with Crippen molar-refractivity contribution in [3.8, 4) is 0 Å². The molecule has 6 heteroatoms. The summed E-state index contributed by atoms with van der Waals surface area (Å²) in [5, 5.41) is 5.39. The van der Waals surface area contributed by atoms with Gasteiger partial charge < -0.3 is 14.8 Å². The molecule has 0 bridgehead atoms. The minimum atomic E-state index is -0.263. The molecule has 1 aliphatic carbocycles. The molecule has 2 N–H and O–H groups in total. The lowest BCUT2D eigenvalue weighted by Gasteiger charge is -2.11. The number of hydrogen-bond donors (Lipinski definition) is 2. The number of nitrogens with one attached hydrogen (secondary N) is 2. The highest BCUT2D eigenvalue weighted by molar-refractivity contribution is 7.94. The number of benzene rings is 1. The zero-order chi connectivity index (χ0) is 17.2. The lowest BCUT2D eigenvalue weighted by atomic mass is 10.1. The molecule has 2 amide bonds. The summed E-state index contributed by atoms with van der Waals surface area (Å²) in [5.74, 6) is 1.28. The first-order chi connectivity index (χ1) is 11.7. The lowest BCUT2D eigenvalue weighted by Crippen LogP contribution is -2.30. The van der Waals surface area contributed by atoms with E-state index in [4.69, 9.17) is 15.8 Å².